The summed E-state index contributed by atoms with van der Waals surface area (Å²) in [6, 6.07) is 8.28. The Bertz CT molecular complexity index is 1110. The Morgan fingerprint density at radius 2 is 2.03 bits per heavy atom. The molecular formula is C23H24F3N3O3. The number of hydrogen-bond donors (Lipinski definition) is 0. The summed E-state index contributed by atoms with van der Waals surface area (Å²) in [5.41, 5.74) is 1.01. The zero-order valence-corrected chi connectivity index (χ0v) is 17.9. The second kappa shape index (κ2) is 8.90. The van der Waals surface area contributed by atoms with E-state index in [1.807, 2.05) is 19.1 Å². The molecule has 1 aliphatic rings. The van der Waals surface area contributed by atoms with Gasteiger partial charge in [-0.1, -0.05) is 17.3 Å². The first-order chi connectivity index (χ1) is 15.3. The van der Waals surface area contributed by atoms with Crippen LogP contribution in [0.1, 0.15) is 58.6 Å². The van der Waals surface area contributed by atoms with Gasteiger partial charge in [-0.25, -0.2) is 4.98 Å². The summed E-state index contributed by atoms with van der Waals surface area (Å²) >= 11 is 0. The average Bonchev–Trinajstić information content (AvgIpc) is 3.17. The Morgan fingerprint density at radius 3 is 2.72 bits per heavy atom. The maximum absolute atomic E-state index is 13.7. The Morgan fingerprint density at radius 1 is 1.28 bits per heavy atom. The Balaban J connectivity index is 1.56. The van der Waals surface area contributed by atoms with Crippen molar-refractivity contribution in [2.24, 2.45) is 0 Å². The van der Waals surface area contributed by atoms with Crippen LogP contribution in [0.5, 0.6) is 0 Å². The molecule has 6 nitrogen and oxygen atoms in total. The van der Waals surface area contributed by atoms with Gasteiger partial charge in [0.05, 0.1) is 28.9 Å². The quantitative estimate of drug-likeness (QED) is 0.544. The number of aromatic nitrogens is 2. The van der Waals surface area contributed by atoms with Crippen molar-refractivity contribution in [1.82, 2.24) is 15.0 Å². The molecule has 0 unspecified atom stereocenters. The maximum atomic E-state index is 13.7. The molecule has 0 N–H and O–H groups in total. The van der Waals surface area contributed by atoms with Crippen molar-refractivity contribution in [2.75, 3.05) is 19.7 Å². The van der Waals surface area contributed by atoms with Gasteiger partial charge in [0.2, 0.25) is 0 Å². The number of ether oxygens (including phenoxy) is 1. The van der Waals surface area contributed by atoms with Crippen LogP contribution in [0.2, 0.25) is 0 Å². The maximum Gasteiger partial charge on any atom is 0.417 e. The Kier molecular flexibility index (Phi) is 6.19. The number of alkyl halides is 3. The number of pyridine rings is 1. The summed E-state index contributed by atoms with van der Waals surface area (Å²) in [7, 11) is 0. The number of benzene rings is 1. The summed E-state index contributed by atoms with van der Waals surface area (Å²) in [5, 5.41) is 3.54. The van der Waals surface area contributed by atoms with Crippen molar-refractivity contribution < 1.29 is 27.2 Å². The van der Waals surface area contributed by atoms with Gasteiger partial charge in [-0.3, -0.25) is 4.79 Å². The fraction of sp³-hybridized carbons (Fsp3) is 0.435. The number of rotatable bonds is 5. The number of piperidine rings is 1. The molecule has 1 atom stereocenters. The van der Waals surface area contributed by atoms with E-state index < -0.39 is 11.7 Å². The molecule has 1 aliphatic heterocycles. The first-order valence-corrected chi connectivity index (χ1v) is 10.6. The van der Waals surface area contributed by atoms with Crippen LogP contribution in [-0.4, -0.2) is 40.6 Å². The van der Waals surface area contributed by atoms with E-state index in [-0.39, 0.29) is 34.3 Å². The van der Waals surface area contributed by atoms with Crippen LogP contribution in [0.25, 0.3) is 11.1 Å². The number of amides is 1. The lowest BCUT2D eigenvalue weighted by molar-refractivity contribution is -0.136. The molecule has 1 fully saturated rings. The SMILES string of the molecule is CCOCc1ccc(C(=O)N2CCC[C@H](c3cc(C(F)(F)F)c4c(C)noc4n3)C2)cc1. The predicted octanol–water partition coefficient (Wildman–Crippen LogP) is 5.11. The molecule has 1 saturated heterocycles. The molecule has 2 aromatic heterocycles. The van der Waals surface area contributed by atoms with E-state index in [1.165, 1.54) is 6.92 Å². The molecule has 1 aromatic carbocycles. The summed E-state index contributed by atoms with van der Waals surface area (Å²) in [5.74, 6) is -0.467. The van der Waals surface area contributed by atoms with E-state index in [9.17, 15) is 18.0 Å². The van der Waals surface area contributed by atoms with Crippen molar-refractivity contribution in [3.05, 3.63) is 58.4 Å². The van der Waals surface area contributed by atoms with Crippen LogP contribution in [0.15, 0.2) is 34.9 Å². The van der Waals surface area contributed by atoms with Gasteiger partial charge in [0.25, 0.3) is 11.6 Å². The molecule has 1 amide bonds. The number of carbonyl (C=O) groups excluding carboxylic acids is 1. The summed E-state index contributed by atoms with van der Waals surface area (Å²) < 4.78 is 51.5. The number of hydrogen-bond acceptors (Lipinski definition) is 5. The zero-order valence-electron chi connectivity index (χ0n) is 17.9. The highest BCUT2D eigenvalue weighted by Crippen LogP contribution is 2.38. The molecule has 0 saturated carbocycles. The monoisotopic (exact) mass is 447 g/mol. The molecule has 9 heteroatoms. The third-order valence-electron chi connectivity index (χ3n) is 5.74. The lowest BCUT2D eigenvalue weighted by Gasteiger charge is -2.32. The number of carbonyl (C=O) groups is 1. The lowest BCUT2D eigenvalue weighted by atomic mass is 9.92. The van der Waals surface area contributed by atoms with E-state index in [2.05, 4.69) is 10.1 Å². The van der Waals surface area contributed by atoms with Crippen LogP contribution < -0.4 is 0 Å². The number of likely N-dealkylation sites (tertiary alicyclic amines) is 1. The number of aryl methyl sites for hydroxylation is 1. The number of halogens is 3. The van der Waals surface area contributed by atoms with Crippen LogP contribution in [0.3, 0.4) is 0 Å². The van der Waals surface area contributed by atoms with Gasteiger partial charge in [0.15, 0.2) is 0 Å². The van der Waals surface area contributed by atoms with Crippen LogP contribution in [0, 0.1) is 6.92 Å². The van der Waals surface area contributed by atoms with Crippen molar-refractivity contribution in [1.29, 1.82) is 0 Å². The Hall–Kier alpha value is -2.94. The minimum atomic E-state index is -4.56. The summed E-state index contributed by atoms with van der Waals surface area (Å²) in [6.07, 6.45) is -3.24. The van der Waals surface area contributed by atoms with Gasteiger partial charge in [0.1, 0.15) is 0 Å². The van der Waals surface area contributed by atoms with E-state index in [0.29, 0.717) is 44.7 Å². The summed E-state index contributed by atoms with van der Waals surface area (Å²) in [4.78, 5) is 19.0. The second-order valence-electron chi connectivity index (χ2n) is 7.96. The highest BCUT2D eigenvalue weighted by Gasteiger charge is 2.37. The standard InChI is InChI=1S/C23H24F3N3O3/c1-3-31-13-15-6-8-16(9-7-15)22(30)29-10-4-5-17(12-29)19-11-18(23(24,25)26)20-14(2)28-32-21(20)27-19/h6-9,11,17H,3-5,10,12-13H2,1-2H3/t17-/m0/s1. The molecule has 0 radical (unpaired) electrons. The molecule has 4 rings (SSSR count). The first-order valence-electron chi connectivity index (χ1n) is 10.6. The smallest absolute Gasteiger partial charge is 0.377 e. The topological polar surface area (TPSA) is 68.5 Å². The molecule has 3 heterocycles. The fourth-order valence-electron chi connectivity index (χ4n) is 4.10. The van der Waals surface area contributed by atoms with Gasteiger partial charge in [0, 0.05) is 31.2 Å². The predicted molar refractivity (Wildman–Crippen MR) is 111 cm³/mol. The fourth-order valence-corrected chi connectivity index (χ4v) is 4.10. The zero-order chi connectivity index (χ0) is 22.9. The van der Waals surface area contributed by atoms with Crippen molar-refractivity contribution >= 4 is 17.0 Å². The molecule has 32 heavy (non-hydrogen) atoms. The van der Waals surface area contributed by atoms with Crippen molar-refractivity contribution in [3.63, 3.8) is 0 Å². The molecule has 0 bridgehead atoms. The first kappa shape index (κ1) is 22.3. The normalized spacial score (nSPS) is 17.2. The molecule has 3 aromatic rings. The second-order valence-corrected chi connectivity index (χ2v) is 7.96. The minimum Gasteiger partial charge on any atom is -0.377 e. The van der Waals surface area contributed by atoms with Crippen LogP contribution in [0.4, 0.5) is 13.2 Å². The lowest BCUT2D eigenvalue weighted by Crippen LogP contribution is -2.39. The van der Waals surface area contributed by atoms with Crippen LogP contribution >= 0.6 is 0 Å². The molecule has 0 spiro atoms. The third kappa shape index (κ3) is 4.48. The van der Waals surface area contributed by atoms with E-state index in [4.69, 9.17) is 9.26 Å². The Labute approximate surface area is 183 Å². The van der Waals surface area contributed by atoms with Crippen molar-refractivity contribution in [2.45, 2.75) is 45.4 Å². The molecule has 0 aliphatic carbocycles. The largest absolute Gasteiger partial charge is 0.417 e. The highest BCUT2D eigenvalue weighted by atomic mass is 19.4. The summed E-state index contributed by atoms with van der Waals surface area (Å²) in [6.45, 7) is 5.31. The van der Waals surface area contributed by atoms with Crippen LogP contribution in [-0.2, 0) is 17.5 Å². The van der Waals surface area contributed by atoms with E-state index >= 15 is 0 Å². The molecular weight excluding hydrogens is 423 g/mol. The van der Waals surface area contributed by atoms with Gasteiger partial charge < -0.3 is 14.2 Å². The number of nitrogens with zero attached hydrogens (tertiary/aromatic N) is 3. The van der Waals surface area contributed by atoms with E-state index in [0.717, 1.165) is 11.6 Å². The van der Waals surface area contributed by atoms with Crippen molar-refractivity contribution in [3.8, 4) is 0 Å². The molecule has 170 valence electrons. The van der Waals surface area contributed by atoms with Gasteiger partial charge >= 0.3 is 6.18 Å². The highest BCUT2D eigenvalue weighted by molar-refractivity contribution is 5.94. The van der Waals surface area contributed by atoms with Gasteiger partial charge in [-0.2, -0.15) is 13.2 Å². The van der Waals surface area contributed by atoms with Gasteiger partial charge in [-0.15, -0.1) is 0 Å². The average molecular weight is 447 g/mol. The van der Waals surface area contributed by atoms with E-state index in [1.54, 1.807) is 17.0 Å². The van der Waals surface area contributed by atoms with Gasteiger partial charge in [-0.05, 0) is 50.5 Å². The minimum absolute atomic E-state index is 0.114. The third-order valence-corrected chi connectivity index (χ3v) is 5.74. The number of fused-ring (bicyclic) bond motifs is 1.